The van der Waals surface area contributed by atoms with Crippen molar-refractivity contribution < 1.29 is 9.47 Å². The molecule has 118 valence electrons. The molecule has 0 aliphatic carbocycles. The molecule has 0 bridgehead atoms. The topological polar surface area (TPSA) is 33.7 Å². The Morgan fingerprint density at radius 3 is 2.76 bits per heavy atom. The molecule has 1 atom stereocenters. The van der Waals surface area contributed by atoms with Gasteiger partial charge in [0.05, 0.1) is 19.2 Å². The van der Waals surface area contributed by atoms with E-state index in [2.05, 4.69) is 10.2 Å². The van der Waals surface area contributed by atoms with E-state index in [4.69, 9.17) is 21.1 Å². The van der Waals surface area contributed by atoms with Crippen LogP contribution in [-0.2, 0) is 6.54 Å². The van der Waals surface area contributed by atoms with Crippen molar-refractivity contribution in [3.8, 4) is 11.5 Å². The number of ether oxygens (including phenoxy) is 2. The number of likely N-dealkylation sites (N-methyl/N-ethyl adjacent to an activating group) is 1. The van der Waals surface area contributed by atoms with Crippen LogP contribution >= 0.6 is 11.6 Å². The van der Waals surface area contributed by atoms with Crippen LogP contribution in [0.3, 0.4) is 0 Å². The van der Waals surface area contributed by atoms with Crippen LogP contribution in [0.1, 0.15) is 24.8 Å². The minimum atomic E-state index is 0.577. The third-order valence-corrected chi connectivity index (χ3v) is 4.54. The highest BCUT2D eigenvalue weighted by Crippen LogP contribution is 2.38. The number of methoxy groups -OCH3 is 2. The smallest absolute Gasteiger partial charge is 0.179 e. The number of nitrogens with one attached hydrogen (secondary N) is 1. The van der Waals surface area contributed by atoms with Crippen LogP contribution in [0, 0.1) is 0 Å². The lowest BCUT2D eigenvalue weighted by atomic mass is 10.0. The number of piperidine rings is 1. The summed E-state index contributed by atoms with van der Waals surface area (Å²) in [7, 11) is 5.26. The first-order valence-corrected chi connectivity index (χ1v) is 7.87. The third kappa shape index (κ3) is 3.82. The van der Waals surface area contributed by atoms with Crippen LogP contribution in [0.2, 0.25) is 5.02 Å². The molecule has 1 aliphatic heterocycles. The fourth-order valence-corrected chi connectivity index (χ4v) is 3.30. The summed E-state index contributed by atoms with van der Waals surface area (Å²) in [6, 6.07) is 4.54. The quantitative estimate of drug-likeness (QED) is 0.875. The molecule has 1 fully saturated rings. The minimum Gasteiger partial charge on any atom is -0.493 e. The van der Waals surface area contributed by atoms with E-state index in [1.165, 1.54) is 19.3 Å². The maximum absolute atomic E-state index is 6.49. The van der Waals surface area contributed by atoms with Gasteiger partial charge in [-0.05, 0) is 38.1 Å². The zero-order valence-electron chi connectivity index (χ0n) is 13.1. The van der Waals surface area contributed by atoms with Crippen LogP contribution in [0.4, 0.5) is 0 Å². The van der Waals surface area contributed by atoms with Crippen molar-refractivity contribution in [1.29, 1.82) is 0 Å². The Morgan fingerprint density at radius 2 is 2.10 bits per heavy atom. The molecular weight excluding hydrogens is 288 g/mol. The first-order chi connectivity index (χ1) is 10.2. The van der Waals surface area contributed by atoms with Gasteiger partial charge >= 0.3 is 0 Å². The highest BCUT2D eigenvalue weighted by molar-refractivity contribution is 6.33. The number of hydrogen-bond donors (Lipinski definition) is 1. The predicted molar refractivity (Wildman–Crippen MR) is 86.5 cm³/mol. The zero-order valence-corrected chi connectivity index (χ0v) is 13.9. The summed E-state index contributed by atoms with van der Waals surface area (Å²) in [6.45, 7) is 2.99. The molecule has 21 heavy (non-hydrogen) atoms. The molecular formula is C16H25ClN2O2. The highest BCUT2D eigenvalue weighted by atomic mass is 35.5. The van der Waals surface area contributed by atoms with Gasteiger partial charge in [-0.1, -0.05) is 24.1 Å². The average Bonchev–Trinajstić information content (AvgIpc) is 2.51. The number of nitrogens with zero attached hydrogens (tertiary/aromatic N) is 1. The summed E-state index contributed by atoms with van der Waals surface area (Å²) >= 11 is 6.49. The molecule has 1 unspecified atom stereocenters. The maximum Gasteiger partial charge on any atom is 0.179 e. The Morgan fingerprint density at radius 1 is 1.29 bits per heavy atom. The SMILES string of the molecule is CNCC1CCCCN1Cc1ccc(OC)c(OC)c1Cl. The Bertz CT molecular complexity index is 466. The van der Waals surface area contributed by atoms with Gasteiger partial charge in [0.2, 0.25) is 0 Å². The molecule has 4 nitrogen and oxygen atoms in total. The molecule has 1 aliphatic rings. The van der Waals surface area contributed by atoms with Gasteiger partial charge in [-0.15, -0.1) is 0 Å². The largest absolute Gasteiger partial charge is 0.493 e. The Kier molecular flexibility index (Phi) is 6.15. The lowest BCUT2D eigenvalue weighted by Gasteiger charge is -2.36. The van der Waals surface area contributed by atoms with Crippen molar-refractivity contribution in [2.45, 2.75) is 31.8 Å². The number of likely N-dealkylation sites (tertiary alicyclic amines) is 1. The molecule has 1 heterocycles. The van der Waals surface area contributed by atoms with E-state index >= 15 is 0 Å². The highest BCUT2D eigenvalue weighted by Gasteiger charge is 2.23. The van der Waals surface area contributed by atoms with Crippen LogP contribution in [0.25, 0.3) is 0 Å². The first-order valence-electron chi connectivity index (χ1n) is 7.49. The molecule has 1 N–H and O–H groups in total. The molecule has 0 amide bonds. The van der Waals surface area contributed by atoms with Gasteiger partial charge in [0.25, 0.3) is 0 Å². The summed E-state index contributed by atoms with van der Waals surface area (Å²) in [5, 5.41) is 3.95. The third-order valence-electron chi connectivity index (χ3n) is 4.13. The number of rotatable bonds is 6. The summed E-state index contributed by atoms with van der Waals surface area (Å²) < 4.78 is 10.7. The molecule has 0 saturated carbocycles. The average molecular weight is 313 g/mol. The Balaban J connectivity index is 2.18. The predicted octanol–water partition coefficient (Wildman–Crippen LogP) is 2.93. The summed E-state index contributed by atoms with van der Waals surface area (Å²) in [5.41, 5.74) is 1.09. The number of halogens is 1. The fourth-order valence-electron chi connectivity index (χ4n) is 3.01. The van der Waals surface area contributed by atoms with Gasteiger partial charge in [-0.3, -0.25) is 4.90 Å². The monoisotopic (exact) mass is 312 g/mol. The standard InChI is InChI=1S/C16H25ClN2O2/c1-18-10-13-6-4-5-9-19(13)11-12-7-8-14(20-2)16(21-3)15(12)17/h7-8,13,18H,4-6,9-11H2,1-3H3. The van der Waals surface area contributed by atoms with Crippen LogP contribution < -0.4 is 14.8 Å². The van der Waals surface area contributed by atoms with E-state index < -0.39 is 0 Å². The summed E-state index contributed by atoms with van der Waals surface area (Å²) in [5.74, 6) is 1.30. The fraction of sp³-hybridized carbons (Fsp3) is 0.625. The van der Waals surface area contributed by atoms with Crippen molar-refractivity contribution in [2.75, 3.05) is 34.4 Å². The molecule has 1 aromatic carbocycles. The van der Waals surface area contributed by atoms with Crippen molar-refractivity contribution in [1.82, 2.24) is 10.2 Å². The van der Waals surface area contributed by atoms with Crippen molar-refractivity contribution >= 4 is 11.6 Å². The van der Waals surface area contributed by atoms with E-state index in [0.717, 1.165) is 25.2 Å². The molecule has 0 aromatic heterocycles. The molecule has 1 aromatic rings. The molecule has 0 radical (unpaired) electrons. The lowest BCUT2D eigenvalue weighted by molar-refractivity contribution is 0.139. The number of benzene rings is 1. The van der Waals surface area contributed by atoms with E-state index in [0.29, 0.717) is 22.6 Å². The molecule has 2 rings (SSSR count). The second-order valence-electron chi connectivity index (χ2n) is 5.45. The van der Waals surface area contributed by atoms with Gasteiger partial charge in [0, 0.05) is 19.1 Å². The Labute approximate surface area is 132 Å². The van der Waals surface area contributed by atoms with Gasteiger partial charge in [0.1, 0.15) is 0 Å². The second kappa shape index (κ2) is 7.87. The van der Waals surface area contributed by atoms with E-state index in [1.807, 2.05) is 19.2 Å². The van der Waals surface area contributed by atoms with E-state index in [9.17, 15) is 0 Å². The second-order valence-corrected chi connectivity index (χ2v) is 5.83. The summed E-state index contributed by atoms with van der Waals surface area (Å²) in [6.07, 6.45) is 3.80. The first kappa shape index (κ1) is 16.4. The number of hydrogen-bond acceptors (Lipinski definition) is 4. The summed E-state index contributed by atoms with van der Waals surface area (Å²) in [4.78, 5) is 2.51. The van der Waals surface area contributed by atoms with Crippen LogP contribution in [0.5, 0.6) is 11.5 Å². The van der Waals surface area contributed by atoms with Gasteiger partial charge < -0.3 is 14.8 Å². The van der Waals surface area contributed by atoms with Crippen molar-refractivity contribution in [3.05, 3.63) is 22.7 Å². The van der Waals surface area contributed by atoms with E-state index in [1.54, 1.807) is 14.2 Å². The van der Waals surface area contributed by atoms with Crippen LogP contribution in [-0.4, -0.2) is 45.3 Å². The van der Waals surface area contributed by atoms with Crippen LogP contribution in [0.15, 0.2) is 12.1 Å². The normalized spacial score (nSPS) is 19.5. The minimum absolute atomic E-state index is 0.577. The molecule has 0 spiro atoms. The van der Waals surface area contributed by atoms with E-state index in [-0.39, 0.29) is 0 Å². The molecule has 1 saturated heterocycles. The van der Waals surface area contributed by atoms with Gasteiger partial charge in [0.15, 0.2) is 11.5 Å². The lowest BCUT2D eigenvalue weighted by Crippen LogP contribution is -2.44. The van der Waals surface area contributed by atoms with Gasteiger partial charge in [-0.25, -0.2) is 0 Å². The van der Waals surface area contributed by atoms with Crippen molar-refractivity contribution in [3.63, 3.8) is 0 Å². The van der Waals surface area contributed by atoms with Gasteiger partial charge in [-0.2, -0.15) is 0 Å². The Hall–Kier alpha value is -0.970. The van der Waals surface area contributed by atoms with Crippen molar-refractivity contribution in [2.24, 2.45) is 0 Å². The zero-order chi connectivity index (χ0) is 15.2. The maximum atomic E-state index is 6.49. The molecule has 5 heteroatoms.